The van der Waals surface area contributed by atoms with Crippen molar-refractivity contribution < 1.29 is 19.1 Å². The zero-order chi connectivity index (χ0) is 23.1. The minimum atomic E-state index is -1.05. The Morgan fingerprint density at radius 2 is 1.90 bits per heavy atom. The first kappa shape index (κ1) is 26.5. The van der Waals surface area contributed by atoms with Crippen molar-refractivity contribution in [1.82, 2.24) is 0 Å². The van der Waals surface area contributed by atoms with Crippen molar-refractivity contribution >= 4 is 42.2 Å². The molecule has 2 aromatic rings. The molecule has 0 aliphatic heterocycles. The molecule has 7 nitrogen and oxygen atoms in total. The van der Waals surface area contributed by atoms with E-state index in [1.807, 2.05) is 13.8 Å². The predicted octanol–water partition coefficient (Wildman–Crippen LogP) is 4.54. The SMILES string of the molecule is C=Nc1ccc(C(=O)O)cc1NC/C(C)=C/c1c(F)cccc1NC=O.CC.CN. The van der Waals surface area contributed by atoms with Crippen LogP contribution in [-0.2, 0) is 4.79 Å². The number of nitrogens with zero attached hydrogens (tertiary/aromatic N) is 1. The highest BCUT2D eigenvalue weighted by molar-refractivity contribution is 5.90. The van der Waals surface area contributed by atoms with E-state index in [9.17, 15) is 14.0 Å². The number of anilines is 2. The van der Waals surface area contributed by atoms with Gasteiger partial charge in [0.1, 0.15) is 5.82 Å². The summed E-state index contributed by atoms with van der Waals surface area (Å²) in [6, 6.07) is 8.87. The summed E-state index contributed by atoms with van der Waals surface area (Å²) in [6.45, 7) is 9.57. The molecule has 1 amide bonds. The van der Waals surface area contributed by atoms with Crippen LogP contribution in [0.2, 0.25) is 0 Å². The fraction of sp³-hybridized carbons (Fsp3) is 0.227. The molecular formula is C22H29FN4O3. The highest BCUT2D eigenvalue weighted by Gasteiger charge is 2.09. The molecule has 162 valence electrons. The zero-order valence-corrected chi connectivity index (χ0v) is 17.7. The number of carboxylic acid groups (broad SMARTS) is 1. The van der Waals surface area contributed by atoms with Crippen molar-refractivity contribution in [3.05, 3.63) is 58.9 Å². The highest BCUT2D eigenvalue weighted by atomic mass is 19.1. The number of aromatic carboxylic acids is 1. The van der Waals surface area contributed by atoms with E-state index < -0.39 is 11.8 Å². The number of amides is 1. The van der Waals surface area contributed by atoms with E-state index in [0.29, 0.717) is 30.0 Å². The lowest BCUT2D eigenvalue weighted by Gasteiger charge is -2.12. The van der Waals surface area contributed by atoms with Gasteiger partial charge in [-0.05, 0) is 57.1 Å². The normalized spacial score (nSPS) is 9.87. The summed E-state index contributed by atoms with van der Waals surface area (Å²) in [5, 5.41) is 14.6. The number of carbonyl (C=O) groups excluding carboxylic acids is 1. The standard InChI is InChI=1S/C19H18FN3O3.C2H6.CH5N/c1-12(8-14-15(20)4-3-5-16(14)23-11-24)10-22-18-9-13(19(25)26)6-7-17(18)21-2;2*1-2/h3-9,11,22H,2,10H2,1H3,(H,23,24)(H,25,26);1-2H3;2H2,1H3/b12-8+;;. The number of aliphatic imine (C=N–C) groups is 1. The van der Waals surface area contributed by atoms with Gasteiger partial charge in [-0.25, -0.2) is 9.18 Å². The molecule has 8 heteroatoms. The number of rotatable bonds is 8. The summed E-state index contributed by atoms with van der Waals surface area (Å²) in [6.07, 6.45) is 2.09. The van der Waals surface area contributed by atoms with Gasteiger partial charge in [-0.3, -0.25) is 9.79 Å². The van der Waals surface area contributed by atoms with Crippen molar-refractivity contribution in [1.29, 1.82) is 0 Å². The average molecular weight is 416 g/mol. The number of halogens is 1. The van der Waals surface area contributed by atoms with Crippen molar-refractivity contribution in [3.8, 4) is 0 Å². The Morgan fingerprint density at radius 1 is 1.23 bits per heavy atom. The second-order valence-corrected chi connectivity index (χ2v) is 5.50. The number of carboxylic acids is 1. The van der Waals surface area contributed by atoms with Gasteiger partial charge in [0.25, 0.3) is 0 Å². The lowest BCUT2D eigenvalue weighted by atomic mass is 10.1. The quantitative estimate of drug-likeness (QED) is 0.372. The summed E-state index contributed by atoms with van der Waals surface area (Å²) in [4.78, 5) is 25.6. The Hall–Kier alpha value is -3.52. The first-order valence-electron chi connectivity index (χ1n) is 9.27. The Kier molecular flexibility index (Phi) is 12.8. The smallest absolute Gasteiger partial charge is 0.335 e. The fourth-order valence-electron chi connectivity index (χ4n) is 2.35. The summed E-state index contributed by atoms with van der Waals surface area (Å²) >= 11 is 0. The lowest BCUT2D eigenvalue weighted by molar-refractivity contribution is -0.105. The minimum Gasteiger partial charge on any atom is -0.478 e. The molecule has 30 heavy (non-hydrogen) atoms. The van der Waals surface area contributed by atoms with Crippen molar-refractivity contribution in [2.75, 3.05) is 24.2 Å². The van der Waals surface area contributed by atoms with Crippen LogP contribution in [0.1, 0.15) is 36.7 Å². The van der Waals surface area contributed by atoms with E-state index in [1.165, 1.54) is 31.3 Å². The number of nitrogens with two attached hydrogens (primary N) is 1. The number of hydrogen-bond acceptors (Lipinski definition) is 5. The lowest BCUT2D eigenvalue weighted by Crippen LogP contribution is -2.05. The van der Waals surface area contributed by atoms with Crippen LogP contribution in [0, 0.1) is 5.82 Å². The fourth-order valence-corrected chi connectivity index (χ4v) is 2.35. The second kappa shape index (κ2) is 14.5. The molecule has 0 unspecified atom stereocenters. The van der Waals surface area contributed by atoms with E-state index in [-0.39, 0.29) is 11.1 Å². The number of nitrogens with one attached hydrogen (secondary N) is 2. The van der Waals surface area contributed by atoms with Gasteiger partial charge < -0.3 is 21.5 Å². The van der Waals surface area contributed by atoms with Gasteiger partial charge in [0.2, 0.25) is 6.41 Å². The maximum Gasteiger partial charge on any atom is 0.335 e. The van der Waals surface area contributed by atoms with E-state index >= 15 is 0 Å². The average Bonchev–Trinajstić information content (AvgIpc) is 2.77. The summed E-state index contributed by atoms with van der Waals surface area (Å²) in [5.41, 5.74) is 7.03. The van der Waals surface area contributed by atoms with Gasteiger partial charge in [-0.15, -0.1) is 0 Å². The molecule has 2 aromatic carbocycles. The first-order chi connectivity index (χ1) is 14.5. The molecule has 0 spiro atoms. The highest BCUT2D eigenvalue weighted by Crippen LogP contribution is 2.27. The minimum absolute atomic E-state index is 0.119. The molecule has 0 fully saturated rings. The van der Waals surface area contributed by atoms with Crippen LogP contribution < -0.4 is 16.4 Å². The summed E-state index contributed by atoms with van der Waals surface area (Å²) in [5.74, 6) is -1.51. The molecule has 0 bridgehead atoms. The second-order valence-electron chi connectivity index (χ2n) is 5.50. The van der Waals surface area contributed by atoms with Gasteiger partial charge in [0, 0.05) is 12.1 Å². The van der Waals surface area contributed by atoms with Crippen molar-refractivity contribution in [2.24, 2.45) is 10.7 Å². The van der Waals surface area contributed by atoms with Crippen LogP contribution in [0.15, 0.2) is 47.0 Å². The first-order valence-corrected chi connectivity index (χ1v) is 9.27. The molecular weight excluding hydrogens is 387 g/mol. The van der Waals surface area contributed by atoms with Crippen LogP contribution in [0.25, 0.3) is 6.08 Å². The van der Waals surface area contributed by atoms with E-state index in [1.54, 1.807) is 25.1 Å². The van der Waals surface area contributed by atoms with Gasteiger partial charge in [-0.1, -0.05) is 25.5 Å². The third-order valence-electron chi connectivity index (χ3n) is 3.63. The number of hydrogen-bond donors (Lipinski definition) is 4. The molecule has 0 aliphatic rings. The van der Waals surface area contributed by atoms with Crippen molar-refractivity contribution in [3.63, 3.8) is 0 Å². The van der Waals surface area contributed by atoms with Crippen LogP contribution in [0.3, 0.4) is 0 Å². The molecule has 0 aromatic heterocycles. The molecule has 0 radical (unpaired) electrons. The Morgan fingerprint density at radius 3 is 2.47 bits per heavy atom. The Labute approximate surface area is 176 Å². The Bertz CT molecular complexity index is 883. The van der Waals surface area contributed by atoms with Gasteiger partial charge in [-0.2, -0.15) is 0 Å². The molecule has 5 N–H and O–H groups in total. The Balaban J connectivity index is 0.00000198. The monoisotopic (exact) mass is 416 g/mol. The summed E-state index contributed by atoms with van der Waals surface area (Å²) in [7, 11) is 1.50. The molecule has 0 saturated carbocycles. The van der Waals surface area contributed by atoms with Gasteiger partial charge in [0.15, 0.2) is 0 Å². The van der Waals surface area contributed by atoms with Gasteiger partial charge >= 0.3 is 5.97 Å². The molecule has 0 aliphatic carbocycles. The summed E-state index contributed by atoms with van der Waals surface area (Å²) < 4.78 is 14.0. The molecule has 0 atom stereocenters. The topological polar surface area (TPSA) is 117 Å². The van der Waals surface area contributed by atoms with E-state index in [4.69, 9.17) is 5.11 Å². The molecule has 2 rings (SSSR count). The predicted molar refractivity (Wildman–Crippen MR) is 122 cm³/mol. The number of carbonyl (C=O) groups is 2. The maximum absolute atomic E-state index is 14.0. The van der Waals surface area contributed by atoms with Gasteiger partial charge in [0.05, 0.1) is 22.6 Å². The van der Waals surface area contributed by atoms with Crippen LogP contribution in [0.4, 0.5) is 21.5 Å². The molecule has 0 heterocycles. The van der Waals surface area contributed by atoms with E-state index in [2.05, 4.69) is 28.1 Å². The third-order valence-corrected chi connectivity index (χ3v) is 3.63. The largest absolute Gasteiger partial charge is 0.478 e. The molecule has 0 saturated heterocycles. The number of benzene rings is 2. The van der Waals surface area contributed by atoms with Crippen LogP contribution in [0.5, 0.6) is 0 Å². The maximum atomic E-state index is 14.0. The zero-order valence-electron chi connectivity index (χ0n) is 17.7. The van der Waals surface area contributed by atoms with E-state index in [0.717, 1.165) is 5.57 Å². The third kappa shape index (κ3) is 7.84. The van der Waals surface area contributed by atoms with Crippen LogP contribution >= 0.6 is 0 Å². The van der Waals surface area contributed by atoms with Crippen LogP contribution in [-0.4, -0.2) is 37.8 Å². The van der Waals surface area contributed by atoms with Crippen molar-refractivity contribution in [2.45, 2.75) is 20.8 Å².